The van der Waals surface area contributed by atoms with Gasteiger partial charge in [0.2, 0.25) is 11.8 Å². The van der Waals surface area contributed by atoms with Gasteiger partial charge in [-0.25, -0.2) is 4.39 Å². The first kappa shape index (κ1) is 16.8. The fourth-order valence-corrected chi connectivity index (χ4v) is 3.33. The number of rotatable bonds is 6. The van der Waals surface area contributed by atoms with Crippen molar-refractivity contribution in [1.82, 2.24) is 10.6 Å². The van der Waals surface area contributed by atoms with Crippen LogP contribution in [0.15, 0.2) is 24.3 Å². The van der Waals surface area contributed by atoms with E-state index in [1.54, 1.807) is 25.3 Å². The molecule has 1 saturated heterocycles. The summed E-state index contributed by atoms with van der Waals surface area (Å²) < 4.78 is 18.5. The third kappa shape index (κ3) is 4.45. The molecule has 22 heavy (non-hydrogen) atoms. The van der Waals surface area contributed by atoms with Crippen molar-refractivity contribution >= 4 is 23.6 Å². The Labute approximate surface area is 133 Å². The minimum atomic E-state index is -0.550. The number of carbonyl (C=O) groups excluding carboxylic acids is 2. The first-order chi connectivity index (χ1) is 10.6. The Morgan fingerprint density at radius 1 is 1.50 bits per heavy atom. The number of amides is 2. The molecule has 0 unspecified atom stereocenters. The monoisotopic (exact) mass is 326 g/mol. The first-order valence-electron chi connectivity index (χ1n) is 7.04. The molecule has 5 nitrogen and oxygen atoms in total. The Morgan fingerprint density at radius 3 is 2.95 bits per heavy atom. The summed E-state index contributed by atoms with van der Waals surface area (Å²) in [4.78, 5) is 24.0. The van der Waals surface area contributed by atoms with Crippen LogP contribution in [0.3, 0.4) is 0 Å². The fraction of sp³-hybridized carbons (Fsp3) is 0.467. The van der Waals surface area contributed by atoms with Gasteiger partial charge in [-0.15, -0.1) is 11.8 Å². The molecule has 0 spiro atoms. The van der Waals surface area contributed by atoms with Gasteiger partial charge < -0.3 is 15.4 Å². The number of benzene rings is 1. The lowest BCUT2D eigenvalue weighted by Crippen LogP contribution is -2.54. The minimum Gasteiger partial charge on any atom is -0.383 e. The van der Waals surface area contributed by atoms with Gasteiger partial charge in [0.25, 0.3) is 0 Å². The highest BCUT2D eigenvalue weighted by molar-refractivity contribution is 8.00. The van der Waals surface area contributed by atoms with E-state index in [1.165, 1.54) is 17.8 Å². The Kier molecular flexibility index (Phi) is 6.21. The van der Waals surface area contributed by atoms with Crippen LogP contribution >= 0.6 is 11.8 Å². The Hall–Kier alpha value is -1.60. The number of hydrogen-bond donors (Lipinski definition) is 2. The lowest BCUT2D eigenvalue weighted by molar-refractivity contribution is -0.128. The van der Waals surface area contributed by atoms with Gasteiger partial charge in [-0.1, -0.05) is 18.2 Å². The average molecular weight is 326 g/mol. The molecule has 7 heteroatoms. The number of thioether (sulfide) groups is 1. The van der Waals surface area contributed by atoms with Crippen molar-refractivity contribution in [3.05, 3.63) is 35.6 Å². The van der Waals surface area contributed by atoms with Crippen LogP contribution < -0.4 is 10.6 Å². The highest BCUT2D eigenvalue weighted by Crippen LogP contribution is 2.23. The Morgan fingerprint density at radius 2 is 2.27 bits per heavy atom. The summed E-state index contributed by atoms with van der Waals surface area (Å²) in [5.74, 6) is -0.284. The quantitative estimate of drug-likeness (QED) is 0.757. The second kappa shape index (κ2) is 8.14. The van der Waals surface area contributed by atoms with Crippen LogP contribution in [0.1, 0.15) is 5.56 Å². The normalized spacial score (nSPS) is 21.3. The molecule has 2 atom stereocenters. The van der Waals surface area contributed by atoms with Crippen LogP contribution in [0.4, 0.5) is 4.39 Å². The molecule has 0 aromatic heterocycles. The molecule has 1 aliphatic rings. The third-order valence-corrected chi connectivity index (χ3v) is 4.67. The van der Waals surface area contributed by atoms with E-state index in [-0.39, 0.29) is 22.9 Å². The standard InChI is InChI=1S/C15H19FN2O3S/c1-21-7-6-17-14(19)12-9-22-13(15(20)18-12)8-10-4-2-3-5-11(10)16/h2-5,12-13H,6-9H2,1H3,(H,17,19)(H,18,20)/t12-,13+/m1/s1. The molecule has 2 amide bonds. The SMILES string of the molecule is COCCNC(=O)[C@H]1CS[C@@H](Cc2ccccc2F)C(=O)N1. The Bertz CT molecular complexity index is 541. The third-order valence-electron chi connectivity index (χ3n) is 3.36. The van der Waals surface area contributed by atoms with E-state index in [2.05, 4.69) is 10.6 Å². The molecule has 1 aromatic rings. The number of hydrogen-bond acceptors (Lipinski definition) is 4. The maximum Gasteiger partial charge on any atom is 0.243 e. The molecule has 1 fully saturated rings. The van der Waals surface area contributed by atoms with Crippen LogP contribution in [0.2, 0.25) is 0 Å². The van der Waals surface area contributed by atoms with Gasteiger partial charge in [-0.3, -0.25) is 9.59 Å². The van der Waals surface area contributed by atoms with E-state index in [9.17, 15) is 14.0 Å². The second-order valence-corrected chi connectivity index (χ2v) is 6.20. The average Bonchev–Trinajstić information content (AvgIpc) is 2.51. The maximum absolute atomic E-state index is 13.6. The predicted molar refractivity (Wildman–Crippen MR) is 83.2 cm³/mol. The van der Waals surface area contributed by atoms with Crippen molar-refractivity contribution in [3.63, 3.8) is 0 Å². The zero-order valence-corrected chi connectivity index (χ0v) is 13.1. The smallest absolute Gasteiger partial charge is 0.243 e. The number of methoxy groups -OCH3 is 1. The maximum atomic E-state index is 13.6. The van der Waals surface area contributed by atoms with Crippen LogP contribution in [-0.4, -0.2) is 49.1 Å². The lowest BCUT2D eigenvalue weighted by Gasteiger charge is -2.28. The van der Waals surface area contributed by atoms with Gasteiger partial charge in [-0.05, 0) is 18.1 Å². The van der Waals surface area contributed by atoms with E-state index in [0.29, 0.717) is 30.9 Å². The van der Waals surface area contributed by atoms with Gasteiger partial charge in [-0.2, -0.15) is 0 Å². The summed E-state index contributed by atoms with van der Waals surface area (Å²) in [6.07, 6.45) is 0.321. The van der Waals surface area contributed by atoms with Crippen molar-refractivity contribution in [1.29, 1.82) is 0 Å². The van der Waals surface area contributed by atoms with Crippen LogP contribution in [0.5, 0.6) is 0 Å². The minimum absolute atomic E-state index is 0.220. The van der Waals surface area contributed by atoms with Gasteiger partial charge >= 0.3 is 0 Å². The summed E-state index contributed by atoms with van der Waals surface area (Å²) in [6.45, 7) is 0.834. The molecule has 0 aliphatic carbocycles. The van der Waals surface area contributed by atoms with Crippen molar-refractivity contribution in [2.24, 2.45) is 0 Å². The Balaban J connectivity index is 1.86. The highest BCUT2D eigenvalue weighted by atomic mass is 32.2. The molecule has 0 bridgehead atoms. The largest absolute Gasteiger partial charge is 0.383 e. The molecular formula is C15H19FN2O3S. The van der Waals surface area contributed by atoms with Crippen LogP contribution in [0.25, 0.3) is 0 Å². The van der Waals surface area contributed by atoms with E-state index in [0.717, 1.165) is 0 Å². The summed E-state index contributed by atoms with van der Waals surface area (Å²) >= 11 is 1.38. The fourth-order valence-electron chi connectivity index (χ4n) is 2.15. The summed E-state index contributed by atoms with van der Waals surface area (Å²) in [6, 6.07) is 5.87. The zero-order valence-electron chi connectivity index (χ0n) is 12.3. The molecule has 0 radical (unpaired) electrons. The summed E-state index contributed by atoms with van der Waals surface area (Å²) in [7, 11) is 1.55. The van der Waals surface area contributed by atoms with Crippen LogP contribution in [-0.2, 0) is 20.7 Å². The molecule has 120 valence electrons. The molecule has 2 rings (SSSR count). The zero-order chi connectivity index (χ0) is 15.9. The van der Waals surface area contributed by atoms with Gasteiger partial charge in [0.15, 0.2) is 0 Å². The van der Waals surface area contributed by atoms with Gasteiger partial charge in [0.1, 0.15) is 11.9 Å². The second-order valence-electron chi connectivity index (χ2n) is 4.96. The summed E-state index contributed by atoms with van der Waals surface area (Å²) in [5, 5.41) is 5.02. The van der Waals surface area contributed by atoms with E-state index in [1.807, 2.05) is 0 Å². The molecule has 2 N–H and O–H groups in total. The first-order valence-corrected chi connectivity index (χ1v) is 8.08. The topological polar surface area (TPSA) is 67.4 Å². The van der Waals surface area contributed by atoms with Crippen molar-refractivity contribution in [2.45, 2.75) is 17.7 Å². The van der Waals surface area contributed by atoms with Crippen molar-refractivity contribution in [2.75, 3.05) is 26.0 Å². The number of nitrogens with one attached hydrogen (secondary N) is 2. The van der Waals surface area contributed by atoms with Gasteiger partial charge in [0.05, 0.1) is 11.9 Å². The van der Waals surface area contributed by atoms with E-state index < -0.39 is 6.04 Å². The van der Waals surface area contributed by atoms with Crippen LogP contribution in [0, 0.1) is 5.82 Å². The molecular weight excluding hydrogens is 307 g/mol. The molecule has 1 aromatic carbocycles. The van der Waals surface area contributed by atoms with Crippen molar-refractivity contribution in [3.8, 4) is 0 Å². The molecule has 1 aliphatic heterocycles. The lowest BCUT2D eigenvalue weighted by atomic mass is 10.1. The molecule has 0 saturated carbocycles. The number of carbonyl (C=O) groups is 2. The van der Waals surface area contributed by atoms with Crippen molar-refractivity contribution < 1.29 is 18.7 Å². The summed E-state index contributed by atoms with van der Waals surface area (Å²) in [5.41, 5.74) is 0.512. The van der Waals surface area contributed by atoms with E-state index in [4.69, 9.17) is 4.74 Å². The number of halogens is 1. The molecule has 1 heterocycles. The number of ether oxygens (including phenoxy) is 1. The van der Waals surface area contributed by atoms with Gasteiger partial charge in [0, 0.05) is 19.4 Å². The highest BCUT2D eigenvalue weighted by Gasteiger charge is 2.32. The predicted octanol–water partition coefficient (Wildman–Crippen LogP) is 0.731. The van der Waals surface area contributed by atoms with E-state index >= 15 is 0 Å².